The van der Waals surface area contributed by atoms with Crippen LogP contribution in [0.15, 0.2) is 12.1 Å². The zero-order valence-electron chi connectivity index (χ0n) is 7.92. The van der Waals surface area contributed by atoms with E-state index in [2.05, 4.69) is 29.4 Å². The Labute approximate surface area is 83.5 Å². The van der Waals surface area contributed by atoms with E-state index in [1.807, 2.05) is 6.07 Å². The van der Waals surface area contributed by atoms with Gasteiger partial charge in [-0.3, -0.25) is 0 Å². The molecule has 0 aromatic carbocycles. The van der Waals surface area contributed by atoms with E-state index < -0.39 is 0 Å². The summed E-state index contributed by atoms with van der Waals surface area (Å²) in [4.78, 5) is 0. The van der Waals surface area contributed by atoms with Crippen molar-refractivity contribution in [3.8, 4) is 0 Å². The average molecular weight is 200 g/mol. The van der Waals surface area contributed by atoms with Gasteiger partial charge in [0.05, 0.1) is 0 Å². The molecule has 0 bridgehead atoms. The van der Waals surface area contributed by atoms with Crippen LogP contribution in [0.5, 0.6) is 0 Å². The van der Waals surface area contributed by atoms with Gasteiger partial charge in [-0.2, -0.15) is 0 Å². The molecule has 0 saturated heterocycles. The van der Waals surface area contributed by atoms with Gasteiger partial charge >= 0.3 is 0 Å². The topological polar surface area (TPSA) is 37.8 Å². The van der Waals surface area contributed by atoms with Gasteiger partial charge in [0, 0.05) is 6.04 Å². The molecule has 0 saturated carbocycles. The monoisotopic (exact) mass is 199 g/mol. The fraction of sp³-hybridized carbons (Fsp3) is 0.556. The molecule has 72 valence electrons. The molecule has 1 aromatic rings. The van der Waals surface area contributed by atoms with Gasteiger partial charge in [-0.1, -0.05) is 25.4 Å². The van der Waals surface area contributed by atoms with Gasteiger partial charge in [0.2, 0.25) is 0 Å². The van der Waals surface area contributed by atoms with Crippen LogP contribution < -0.4 is 5.32 Å². The number of anilines is 1. The molecule has 1 rings (SSSR count). The molecular formula is C9H14ClN3. The second-order valence-electron chi connectivity index (χ2n) is 2.90. The first kappa shape index (κ1) is 10.3. The first-order chi connectivity index (χ1) is 6.26. The molecule has 0 aliphatic heterocycles. The maximum absolute atomic E-state index is 5.61. The highest BCUT2D eigenvalue weighted by atomic mass is 35.5. The molecule has 0 unspecified atom stereocenters. The Hall–Kier alpha value is -0.830. The van der Waals surface area contributed by atoms with E-state index in [9.17, 15) is 0 Å². The van der Waals surface area contributed by atoms with Gasteiger partial charge in [0.25, 0.3) is 0 Å². The molecule has 0 atom stereocenters. The van der Waals surface area contributed by atoms with Crippen LogP contribution in [0.2, 0.25) is 5.15 Å². The first-order valence-electron chi connectivity index (χ1n) is 4.52. The second kappa shape index (κ2) is 5.02. The summed E-state index contributed by atoms with van der Waals surface area (Å²) < 4.78 is 0. The van der Waals surface area contributed by atoms with Crippen molar-refractivity contribution in [1.29, 1.82) is 0 Å². The van der Waals surface area contributed by atoms with Gasteiger partial charge in [0.1, 0.15) is 5.82 Å². The van der Waals surface area contributed by atoms with E-state index in [1.165, 1.54) is 0 Å². The lowest BCUT2D eigenvalue weighted by Gasteiger charge is -2.14. The molecule has 0 radical (unpaired) electrons. The van der Waals surface area contributed by atoms with E-state index in [1.54, 1.807) is 6.07 Å². The Morgan fingerprint density at radius 2 is 2.00 bits per heavy atom. The Bertz CT molecular complexity index is 244. The molecular weight excluding hydrogens is 186 g/mol. The van der Waals surface area contributed by atoms with Crippen molar-refractivity contribution in [2.24, 2.45) is 0 Å². The van der Waals surface area contributed by atoms with Crippen molar-refractivity contribution in [2.75, 3.05) is 5.32 Å². The maximum atomic E-state index is 5.61. The van der Waals surface area contributed by atoms with Gasteiger partial charge < -0.3 is 5.32 Å². The first-order valence-corrected chi connectivity index (χ1v) is 4.89. The van der Waals surface area contributed by atoms with Crippen LogP contribution in [0.3, 0.4) is 0 Å². The second-order valence-corrected chi connectivity index (χ2v) is 3.29. The van der Waals surface area contributed by atoms with Crippen LogP contribution in [0.25, 0.3) is 0 Å². The predicted molar refractivity (Wildman–Crippen MR) is 55.0 cm³/mol. The number of halogens is 1. The third-order valence-electron chi connectivity index (χ3n) is 1.97. The van der Waals surface area contributed by atoms with Crippen LogP contribution in [0.1, 0.15) is 26.7 Å². The van der Waals surface area contributed by atoms with Crippen molar-refractivity contribution >= 4 is 17.4 Å². The zero-order valence-corrected chi connectivity index (χ0v) is 8.67. The van der Waals surface area contributed by atoms with Crippen LogP contribution in [-0.2, 0) is 0 Å². The average Bonchev–Trinajstić information content (AvgIpc) is 2.17. The van der Waals surface area contributed by atoms with Crippen LogP contribution >= 0.6 is 11.6 Å². The summed E-state index contributed by atoms with van der Waals surface area (Å²) >= 11 is 5.61. The largest absolute Gasteiger partial charge is 0.366 e. The Kier molecular flexibility index (Phi) is 3.96. The van der Waals surface area contributed by atoms with Gasteiger partial charge in [-0.25, -0.2) is 0 Å². The van der Waals surface area contributed by atoms with E-state index in [0.29, 0.717) is 11.2 Å². The van der Waals surface area contributed by atoms with Gasteiger partial charge in [0.15, 0.2) is 5.15 Å². The smallest absolute Gasteiger partial charge is 0.151 e. The fourth-order valence-corrected chi connectivity index (χ4v) is 1.20. The van der Waals surface area contributed by atoms with E-state index in [0.717, 1.165) is 18.7 Å². The van der Waals surface area contributed by atoms with Crippen molar-refractivity contribution in [2.45, 2.75) is 32.7 Å². The Morgan fingerprint density at radius 3 is 2.46 bits per heavy atom. The lowest BCUT2D eigenvalue weighted by Crippen LogP contribution is -2.17. The highest BCUT2D eigenvalue weighted by Gasteiger charge is 2.03. The zero-order chi connectivity index (χ0) is 9.68. The Balaban J connectivity index is 2.58. The number of hydrogen-bond acceptors (Lipinski definition) is 3. The number of nitrogens with zero attached hydrogens (tertiary/aromatic N) is 2. The van der Waals surface area contributed by atoms with Crippen LogP contribution in [0, 0.1) is 0 Å². The van der Waals surface area contributed by atoms with Crippen molar-refractivity contribution in [3.05, 3.63) is 17.3 Å². The van der Waals surface area contributed by atoms with Crippen molar-refractivity contribution < 1.29 is 0 Å². The molecule has 0 aliphatic rings. The summed E-state index contributed by atoms with van der Waals surface area (Å²) in [6.07, 6.45) is 2.17. The minimum Gasteiger partial charge on any atom is -0.366 e. The summed E-state index contributed by atoms with van der Waals surface area (Å²) in [5.41, 5.74) is 0. The number of hydrogen-bond donors (Lipinski definition) is 1. The third kappa shape index (κ3) is 3.19. The molecule has 1 heterocycles. The quantitative estimate of drug-likeness (QED) is 0.811. The highest BCUT2D eigenvalue weighted by Crippen LogP contribution is 2.09. The van der Waals surface area contributed by atoms with E-state index in [4.69, 9.17) is 11.6 Å². The molecule has 0 fully saturated rings. The van der Waals surface area contributed by atoms with Crippen LogP contribution in [0.4, 0.5) is 5.82 Å². The summed E-state index contributed by atoms with van der Waals surface area (Å²) in [5.74, 6) is 0.790. The van der Waals surface area contributed by atoms with E-state index in [-0.39, 0.29) is 0 Å². The number of nitrogens with one attached hydrogen (secondary N) is 1. The minimum atomic E-state index is 0.426. The van der Waals surface area contributed by atoms with Gasteiger partial charge in [-0.15, -0.1) is 10.2 Å². The molecule has 4 heteroatoms. The molecule has 0 amide bonds. The highest BCUT2D eigenvalue weighted by molar-refractivity contribution is 6.29. The normalized spacial score (nSPS) is 10.5. The number of rotatable bonds is 4. The van der Waals surface area contributed by atoms with Crippen molar-refractivity contribution in [3.63, 3.8) is 0 Å². The standard InChI is InChI=1S/C9H14ClN3/c1-3-7(4-2)11-9-6-5-8(10)12-13-9/h5-7H,3-4H2,1-2H3,(H,11,13). The molecule has 3 nitrogen and oxygen atoms in total. The lowest BCUT2D eigenvalue weighted by atomic mass is 10.2. The molecule has 0 aliphatic carbocycles. The number of aromatic nitrogens is 2. The molecule has 1 aromatic heterocycles. The SMILES string of the molecule is CCC(CC)Nc1ccc(Cl)nn1. The van der Waals surface area contributed by atoms with E-state index >= 15 is 0 Å². The fourth-order valence-electron chi connectivity index (χ4n) is 1.09. The molecule has 1 N–H and O–H groups in total. The molecule has 13 heavy (non-hydrogen) atoms. The van der Waals surface area contributed by atoms with Crippen LogP contribution in [-0.4, -0.2) is 16.2 Å². The summed E-state index contributed by atoms with van der Waals surface area (Å²) in [7, 11) is 0. The summed E-state index contributed by atoms with van der Waals surface area (Å²) in [6.45, 7) is 4.29. The summed E-state index contributed by atoms with van der Waals surface area (Å²) in [5, 5.41) is 11.4. The van der Waals surface area contributed by atoms with Gasteiger partial charge in [-0.05, 0) is 25.0 Å². The van der Waals surface area contributed by atoms with Crippen molar-refractivity contribution in [1.82, 2.24) is 10.2 Å². The maximum Gasteiger partial charge on any atom is 0.151 e. The Morgan fingerprint density at radius 1 is 1.31 bits per heavy atom. The molecule has 0 spiro atoms. The third-order valence-corrected chi connectivity index (χ3v) is 2.17. The lowest BCUT2D eigenvalue weighted by molar-refractivity contribution is 0.666. The summed E-state index contributed by atoms with van der Waals surface area (Å²) in [6, 6.07) is 4.04. The minimum absolute atomic E-state index is 0.426. The predicted octanol–water partition coefficient (Wildman–Crippen LogP) is 2.73.